The van der Waals surface area contributed by atoms with Gasteiger partial charge in [0.2, 0.25) is 0 Å². The molecule has 0 heterocycles. The summed E-state index contributed by atoms with van der Waals surface area (Å²) in [4.78, 5) is 23.7. The van der Waals surface area contributed by atoms with E-state index in [0.717, 1.165) is 0 Å². The number of benzene rings is 1. The summed E-state index contributed by atoms with van der Waals surface area (Å²) in [5, 5.41) is 19.4. The number of carboxylic acid groups (broad SMARTS) is 2. The Labute approximate surface area is 162 Å². The van der Waals surface area contributed by atoms with Gasteiger partial charge in [0.25, 0.3) is 0 Å². The summed E-state index contributed by atoms with van der Waals surface area (Å²) < 4.78 is 16.4. The van der Waals surface area contributed by atoms with Gasteiger partial charge in [0, 0.05) is 18.5 Å². The van der Waals surface area contributed by atoms with E-state index in [9.17, 15) is 19.8 Å². The number of rotatable bonds is 7. The van der Waals surface area contributed by atoms with E-state index >= 15 is 0 Å². The smallest absolute Gasteiger partial charge is 0.324 e. The van der Waals surface area contributed by atoms with Crippen molar-refractivity contribution in [1.82, 2.24) is 0 Å². The van der Waals surface area contributed by atoms with E-state index in [1.165, 1.54) is 34.3 Å². The molecule has 0 aliphatic heterocycles. The van der Waals surface area contributed by atoms with Crippen molar-refractivity contribution in [2.45, 2.75) is 31.8 Å². The number of hydrogen-bond acceptors (Lipinski definition) is 7. The Morgan fingerprint density at radius 1 is 1.11 bits per heavy atom. The Kier molecular flexibility index (Phi) is 5.91. The molecule has 2 rings (SSSR count). The first-order valence-corrected chi connectivity index (χ1v) is 8.56. The van der Waals surface area contributed by atoms with Gasteiger partial charge in [-0.05, 0) is 25.0 Å². The van der Waals surface area contributed by atoms with E-state index in [1.54, 1.807) is 6.07 Å². The molecule has 1 aromatic rings. The summed E-state index contributed by atoms with van der Waals surface area (Å²) in [5.41, 5.74) is 10.0. The van der Waals surface area contributed by atoms with Crippen LogP contribution in [0.1, 0.15) is 30.9 Å². The molecule has 0 saturated carbocycles. The Hall–Kier alpha value is -2.78. The summed E-state index contributed by atoms with van der Waals surface area (Å²) >= 11 is 0. The van der Waals surface area contributed by atoms with Crippen molar-refractivity contribution < 1.29 is 34.0 Å². The van der Waals surface area contributed by atoms with Gasteiger partial charge in [-0.2, -0.15) is 0 Å². The maximum Gasteiger partial charge on any atom is 0.324 e. The van der Waals surface area contributed by atoms with Gasteiger partial charge < -0.3 is 35.9 Å². The molecule has 0 radical (unpaired) electrons. The molecule has 2 atom stereocenters. The quantitative estimate of drug-likeness (QED) is 0.534. The summed E-state index contributed by atoms with van der Waals surface area (Å²) in [6, 6.07) is 1.66. The molecular formula is C19H26N2O7. The molecule has 0 saturated heterocycles. The van der Waals surface area contributed by atoms with Crippen LogP contribution in [0, 0.1) is 5.41 Å². The third kappa shape index (κ3) is 3.50. The van der Waals surface area contributed by atoms with E-state index in [1.807, 2.05) is 0 Å². The summed E-state index contributed by atoms with van der Waals surface area (Å²) in [6.45, 7) is 1.58. The van der Waals surface area contributed by atoms with Crippen molar-refractivity contribution in [3.05, 3.63) is 23.3 Å². The van der Waals surface area contributed by atoms with Gasteiger partial charge in [-0.25, -0.2) is 0 Å². The molecule has 154 valence electrons. The number of ether oxygens (including phenoxy) is 3. The van der Waals surface area contributed by atoms with Gasteiger partial charge in [0.1, 0.15) is 11.3 Å². The lowest BCUT2D eigenvalue weighted by molar-refractivity contribution is -0.150. The Morgan fingerprint density at radius 3 is 2.14 bits per heavy atom. The summed E-state index contributed by atoms with van der Waals surface area (Å²) in [5.74, 6) is -1.47. The van der Waals surface area contributed by atoms with Crippen LogP contribution >= 0.6 is 0 Å². The highest BCUT2D eigenvalue weighted by Crippen LogP contribution is 2.50. The van der Waals surface area contributed by atoms with Crippen molar-refractivity contribution in [3.63, 3.8) is 0 Å². The minimum Gasteiger partial charge on any atom is -0.496 e. The summed E-state index contributed by atoms with van der Waals surface area (Å²) in [6.07, 6.45) is 1.14. The number of hydrogen-bond donors (Lipinski definition) is 4. The molecule has 9 heteroatoms. The standard InChI is InChI=1S/C19H26N2O7/c1-18(16(22)23)6-11(7-19(21,9-18)17(24)25)13-12(26-2)5-10(8-20)14(27-3)15(13)28-4/h5-6H,7-9,20-21H2,1-4H3,(H,22,23)(H,24,25). The fourth-order valence-electron chi connectivity index (χ4n) is 3.70. The molecule has 1 aliphatic carbocycles. The second kappa shape index (κ2) is 7.69. The zero-order chi connectivity index (χ0) is 21.3. The molecule has 6 N–H and O–H groups in total. The van der Waals surface area contributed by atoms with Crippen LogP contribution in [-0.2, 0) is 16.1 Å². The lowest BCUT2D eigenvalue weighted by Gasteiger charge is -2.38. The number of nitrogens with two attached hydrogens (primary N) is 2. The maximum absolute atomic E-state index is 11.9. The van der Waals surface area contributed by atoms with Crippen LogP contribution in [0.2, 0.25) is 0 Å². The highest BCUT2D eigenvalue weighted by atomic mass is 16.5. The molecule has 28 heavy (non-hydrogen) atoms. The molecule has 0 fully saturated rings. The number of carbonyl (C=O) groups is 2. The van der Waals surface area contributed by atoms with E-state index in [0.29, 0.717) is 28.2 Å². The monoisotopic (exact) mass is 394 g/mol. The lowest BCUT2D eigenvalue weighted by atomic mass is 9.67. The topological polar surface area (TPSA) is 154 Å². The van der Waals surface area contributed by atoms with Crippen LogP contribution in [0.5, 0.6) is 17.2 Å². The lowest BCUT2D eigenvalue weighted by Crippen LogP contribution is -2.54. The highest BCUT2D eigenvalue weighted by molar-refractivity contribution is 5.91. The average molecular weight is 394 g/mol. The van der Waals surface area contributed by atoms with Gasteiger partial charge in [-0.15, -0.1) is 0 Å². The Balaban J connectivity index is 2.85. The van der Waals surface area contributed by atoms with Crippen LogP contribution < -0.4 is 25.7 Å². The highest BCUT2D eigenvalue weighted by Gasteiger charge is 2.49. The zero-order valence-corrected chi connectivity index (χ0v) is 16.4. The molecule has 9 nitrogen and oxygen atoms in total. The predicted molar refractivity (Wildman–Crippen MR) is 101 cm³/mol. The summed E-state index contributed by atoms with van der Waals surface area (Å²) in [7, 11) is 4.32. The number of methoxy groups -OCH3 is 3. The first kappa shape index (κ1) is 21.5. The predicted octanol–water partition coefficient (Wildman–Crippen LogP) is 1.22. The first-order valence-electron chi connectivity index (χ1n) is 8.56. The molecule has 0 amide bonds. The molecule has 0 aromatic heterocycles. The van der Waals surface area contributed by atoms with E-state index in [2.05, 4.69) is 0 Å². The third-order valence-corrected chi connectivity index (χ3v) is 5.04. The molecule has 0 spiro atoms. The zero-order valence-electron chi connectivity index (χ0n) is 16.4. The molecule has 0 bridgehead atoms. The fourth-order valence-corrected chi connectivity index (χ4v) is 3.70. The van der Waals surface area contributed by atoms with Crippen LogP contribution in [0.4, 0.5) is 0 Å². The van der Waals surface area contributed by atoms with Crippen LogP contribution in [0.3, 0.4) is 0 Å². The molecule has 1 aromatic carbocycles. The Bertz CT molecular complexity index is 836. The normalized spacial score (nSPS) is 24.3. The van der Waals surface area contributed by atoms with Gasteiger partial charge in [-0.1, -0.05) is 6.08 Å². The van der Waals surface area contributed by atoms with Gasteiger partial charge in [0.05, 0.1) is 32.3 Å². The van der Waals surface area contributed by atoms with Crippen LogP contribution in [0.25, 0.3) is 5.57 Å². The number of carboxylic acids is 2. The minimum absolute atomic E-state index is 0.108. The second-order valence-corrected chi connectivity index (χ2v) is 7.09. The van der Waals surface area contributed by atoms with E-state index in [4.69, 9.17) is 25.7 Å². The third-order valence-electron chi connectivity index (χ3n) is 5.04. The van der Waals surface area contributed by atoms with E-state index in [-0.39, 0.29) is 25.1 Å². The van der Waals surface area contributed by atoms with Gasteiger partial charge in [0.15, 0.2) is 11.5 Å². The van der Waals surface area contributed by atoms with Crippen molar-refractivity contribution in [2.24, 2.45) is 16.9 Å². The minimum atomic E-state index is -1.77. The molecule has 2 unspecified atom stereocenters. The largest absolute Gasteiger partial charge is 0.496 e. The van der Waals surface area contributed by atoms with Crippen molar-refractivity contribution >= 4 is 17.5 Å². The van der Waals surface area contributed by atoms with Crippen LogP contribution in [-0.4, -0.2) is 49.0 Å². The molecular weight excluding hydrogens is 368 g/mol. The maximum atomic E-state index is 11.9. The van der Waals surface area contributed by atoms with Gasteiger partial charge >= 0.3 is 11.9 Å². The van der Waals surface area contributed by atoms with Crippen molar-refractivity contribution in [2.75, 3.05) is 21.3 Å². The number of aliphatic carboxylic acids is 2. The van der Waals surface area contributed by atoms with Gasteiger partial charge in [-0.3, -0.25) is 9.59 Å². The van der Waals surface area contributed by atoms with Crippen LogP contribution in [0.15, 0.2) is 12.1 Å². The average Bonchev–Trinajstić information content (AvgIpc) is 2.64. The SMILES string of the molecule is COc1cc(CN)c(OC)c(OC)c1C1=CC(C)(C(=O)O)CC(N)(C(=O)O)C1. The molecule has 1 aliphatic rings. The second-order valence-electron chi connectivity index (χ2n) is 7.09. The van der Waals surface area contributed by atoms with E-state index < -0.39 is 22.9 Å². The fraction of sp³-hybridized carbons (Fsp3) is 0.474. The Morgan fingerprint density at radius 2 is 1.71 bits per heavy atom. The van der Waals surface area contributed by atoms with Crippen molar-refractivity contribution in [1.29, 1.82) is 0 Å². The van der Waals surface area contributed by atoms with Crippen molar-refractivity contribution in [3.8, 4) is 17.2 Å². The first-order chi connectivity index (χ1) is 13.1.